The summed E-state index contributed by atoms with van der Waals surface area (Å²) in [4.78, 5) is 0. The number of rotatable bonds is 1. The van der Waals surface area contributed by atoms with E-state index in [0.717, 1.165) is 0 Å². The molecule has 1 aromatic carbocycles. The van der Waals surface area contributed by atoms with Crippen molar-refractivity contribution in [3.8, 4) is 0 Å². The average Bonchev–Trinajstić information content (AvgIpc) is 1.88. The van der Waals surface area contributed by atoms with Gasteiger partial charge in [0.25, 0.3) is 0 Å². The third-order valence-corrected chi connectivity index (χ3v) is 2.84. The van der Waals surface area contributed by atoms with E-state index in [1.54, 1.807) is 0 Å². The van der Waals surface area contributed by atoms with Gasteiger partial charge in [-0.1, -0.05) is 48.6 Å². The van der Waals surface area contributed by atoms with E-state index < -0.39 is 8.73 Å². The Labute approximate surface area is 59.4 Å². The number of benzene rings is 1. The summed E-state index contributed by atoms with van der Waals surface area (Å²) < 4.78 is 7.81. The van der Waals surface area contributed by atoms with Crippen LogP contribution in [0, 0.1) is 0 Å². The molecule has 0 bridgehead atoms. The molecule has 0 fully saturated rings. The van der Waals surface area contributed by atoms with Crippen molar-refractivity contribution in [1.29, 1.82) is 1.23 Å². The van der Waals surface area contributed by atoms with Gasteiger partial charge in [-0.2, -0.15) is 0 Å². The van der Waals surface area contributed by atoms with Gasteiger partial charge in [0.15, 0.2) is 0 Å². The summed E-state index contributed by atoms with van der Waals surface area (Å²) in [5, 5.41) is 1.20. The highest BCUT2D eigenvalue weighted by Crippen LogP contribution is 1.85. The highest BCUT2D eigenvalue weighted by Gasteiger charge is 1.95. The van der Waals surface area contributed by atoms with Gasteiger partial charge in [0.05, 0.1) is 8.73 Å². The minimum absolute atomic E-state index is 1.20. The van der Waals surface area contributed by atoms with Crippen LogP contribution in [0.1, 0.15) is 0 Å². The van der Waals surface area contributed by atoms with Gasteiger partial charge in [0.1, 0.15) is 0 Å². The summed E-state index contributed by atoms with van der Waals surface area (Å²) in [6, 6.07) is 10.1. The fourth-order valence-corrected chi connectivity index (χ4v) is 1.63. The summed E-state index contributed by atoms with van der Waals surface area (Å²) in [6.07, 6.45) is 0. The van der Waals surface area contributed by atoms with Crippen LogP contribution in [0.15, 0.2) is 30.3 Å². The Bertz CT molecular complexity index is 200. The quantitative estimate of drug-likeness (QED) is 0.513. The van der Waals surface area contributed by atoms with Gasteiger partial charge in [-0.15, -0.1) is 0 Å². The molecular formula is C8H12Si. The van der Waals surface area contributed by atoms with Crippen molar-refractivity contribution in [2.24, 2.45) is 0 Å². The van der Waals surface area contributed by atoms with Crippen LogP contribution < -0.4 is 5.19 Å². The molecular weight excluding hydrogens is 124 g/mol. The first kappa shape index (κ1) is 5.24. The summed E-state index contributed by atoms with van der Waals surface area (Å²) in [6.45, 7) is 4.06. The van der Waals surface area contributed by atoms with E-state index in [0.29, 0.717) is 0 Å². The molecule has 0 radical (unpaired) electrons. The number of hydrogen-bond acceptors (Lipinski definition) is 0. The Hall–Kier alpha value is -0.563. The third-order valence-electron chi connectivity index (χ3n) is 1.35. The Balaban J connectivity index is 2.97. The van der Waals surface area contributed by atoms with Crippen LogP contribution >= 0.6 is 0 Å². The van der Waals surface area contributed by atoms with Crippen LogP contribution in [0.2, 0.25) is 13.1 Å². The molecule has 0 unspecified atom stereocenters. The molecule has 0 aliphatic rings. The van der Waals surface area contributed by atoms with Crippen molar-refractivity contribution in [3.63, 3.8) is 0 Å². The molecule has 0 amide bonds. The molecule has 1 heteroatoms. The van der Waals surface area contributed by atoms with Crippen molar-refractivity contribution < 1.29 is 0 Å². The summed E-state index contributed by atoms with van der Waals surface area (Å²) in [5.74, 6) is 0. The zero-order chi connectivity index (χ0) is 7.61. The Morgan fingerprint density at radius 1 is 1.22 bits per heavy atom. The molecule has 0 saturated carbocycles. The first-order valence-corrected chi connectivity index (χ1v) is 5.66. The summed E-state index contributed by atoms with van der Waals surface area (Å²) in [7, 11) is -1.78. The van der Waals surface area contributed by atoms with Gasteiger partial charge in [0, 0.05) is 1.23 Å². The Kier molecular flexibility index (Phi) is 1.65. The molecule has 0 nitrogen and oxygen atoms in total. The predicted molar refractivity (Wildman–Crippen MR) is 45.0 cm³/mol. The Morgan fingerprint density at radius 2 is 1.78 bits per heavy atom. The van der Waals surface area contributed by atoms with Crippen molar-refractivity contribution in [2.45, 2.75) is 13.1 Å². The molecule has 9 heavy (non-hydrogen) atoms. The second-order valence-electron chi connectivity index (χ2n) is 2.37. The second kappa shape index (κ2) is 2.83. The van der Waals surface area contributed by atoms with Crippen molar-refractivity contribution in [2.75, 3.05) is 0 Å². The third kappa shape index (κ3) is 1.68. The molecule has 0 spiro atoms. The van der Waals surface area contributed by atoms with Crippen LogP contribution in [-0.4, -0.2) is 9.96 Å². The normalized spacial score (nSPS) is 12.9. The molecule has 0 aliphatic carbocycles. The first-order chi connectivity index (χ1) is 4.61. The van der Waals surface area contributed by atoms with E-state index in [2.05, 4.69) is 0 Å². The van der Waals surface area contributed by atoms with Crippen LogP contribution in [0.5, 0.6) is 0 Å². The lowest BCUT2D eigenvalue weighted by atomic mass is 10.4. The van der Waals surface area contributed by atoms with Crippen molar-refractivity contribution in [3.05, 3.63) is 30.3 Å². The van der Waals surface area contributed by atoms with E-state index in [4.69, 9.17) is 1.23 Å². The smallest absolute Gasteiger partial charge is 0.0647 e. The zero-order valence-corrected chi connectivity index (χ0v) is 6.89. The molecule has 48 valence electrons. The minimum atomic E-state index is -1.78. The van der Waals surface area contributed by atoms with Gasteiger partial charge in [-0.3, -0.25) is 0 Å². The van der Waals surface area contributed by atoms with Crippen LogP contribution in [-0.2, 0) is 0 Å². The van der Waals surface area contributed by atoms with E-state index in [1.165, 1.54) is 5.19 Å². The van der Waals surface area contributed by atoms with Crippen LogP contribution in [0.3, 0.4) is 0 Å². The van der Waals surface area contributed by atoms with E-state index in [9.17, 15) is 0 Å². The molecule has 0 N–H and O–H groups in total. The molecule has 0 heterocycles. The minimum Gasteiger partial charge on any atom is -0.0682 e. The average molecular weight is 137 g/mol. The first-order valence-electron chi connectivity index (χ1n) is 3.66. The van der Waals surface area contributed by atoms with Crippen molar-refractivity contribution >= 4 is 13.9 Å². The molecule has 0 saturated heterocycles. The molecule has 0 atom stereocenters. The highest BCUT2D eigenvalue weighted by molar-refractivity contribution is 6.70. The molecule has 0 aromatic heterocycles. The van der Waals surface area contributed by atoms with Crippen molar-refractivity contribution in [1.82, 2.24) is 0 Å². The lowest BCUT2D eigenvalue weighted by Crippen LogP contribution is -2.21. The van der Waals surface area contributed by atoms with E-state index in [-0.39, 0.29) is 0 Å². The van der Waals surface area contributed by atoms with Gasteiger partial charge in [-0.25, -0.2) is 0 Å². The standard InChI is InChI=1S/C8H12Si/c1-9(2)8-6-4-3-5-7-8/h3-7,9H,1-2H3/i9D. The highest BCUT2D eigenvalue weighted by atomic mass is 28.3. The maximum absolute atomic E-state index is 7.81. The summed E-state index contributed by atoms with van der Waals surface area (Å²) in [5.41, 5.74) is 0. The number of hydrogen-bond donors (Lipinski definition) is 0. The second-order valence-corrected chi connectivity index (χ2v) is 4.94. The topological polar surface area (TPSA) is 0 Å². The largest absolute Gasteiger partial charge is 0.0682 e. The fraction of sp³-hybridized carbons (Fsp3) is 0.250. The lowest BCUT2D eigenvalue weighted by Gasteiger charge is -1.99. The zero-order valence-electron chi connectivity index (χ0n) is 6.89. The lowest BCUT2D eigenvalue weighted by molar-refractivity contribution is 1.74. The summed E-state index contributed by atoms with van der Waals surface area (Å²) >= 11 is 0. The van der Waals surface area contributed by atoms with Gasteiger partial charge >= 0.3 is 0 Å². The Morgan fingerprint density at radius 3 is 2.11 bits per heavy atom. The van der Waals surface area contributed by atoms with Crippen LogP contribution in [0.25, 0.3) is 0 Å². The van der Waals surface area contributed by atoms with Crippen LogP contribution in [0.4, 0.5) is 0 Å². The molecule has 0 aliphatic heterocycles. The van der Waals surface area contributed by atoms with Gasteiger partial charge in [0.2, 0.25) is 0 Å². The SMILES string of the molecule is [2H][Si](C)(C)c1ccccc1. The maximum atomic E-state index is 7.81. The van der Waals surface area contributed by atoms with E-state index >= 15 is 0 Å². The van der Waals surface area contributed by atoms with Gasteiger partial charge in [-0.05, 0) is 0 Å². The van der Waals surface area contributed by atoms with Gasteiger partial charge < -0.3 is 0 Å². The fourth-order valence-electron chi connectivity index (χ4n) is 0.771. The predicted octanol–water partition coefficient (Wildman–Crippen LogP) is 1.38. The van der Waals surface area contributed by atoms with E-state index in [1.807, 2.05) is 43.4 Å². The molecule has 1 aromatic rings. The maximum Gasteiger partial charge on any atom is 0.0647 e. The molecule has 1 rings (SSSR count). The monoisotopic (exact) mass is 137 g/mol.